The number of hydrogen-bond acceptors (Lipinski definition) is 3. The number of carbonyl (C=O) groups excluding carboxylic acids is 1. The quantitative estimate of drug-likeness (QED) is 0.828. The summed E-state index contributed by atoms with van der Waals surface area (Å²) in [5.74, 6) is -0.185. The van der Waals surface area contributed by atoms with Crippen LogP contribution in [0.3, 0.4) is 0 Å². The second kappa shape index (κ2) is 5.28. The van der Waals surface area contributed by atoms with Crippen LogP contribution in [0.25, 0.3) is 0 Å². The van der Waals surface area contributed by atoms with Crippen LogP contribution in [0.1, 0.15) is 27.3 Å². The van der Waals surface area contributed by atoms with Gasteiger partial charge in [-0.05, 0) is 38.5 Å². The third-order valence-corrected chi connectivity index (χ3v) is 3.86. The summed E-state index contributed by atoms with van der Waals surface area (Å²) >= 11 is 3.36. The molecule has 1 amide bonds. The first-order valence-electron chi connectivity index (χ1n) is 6.18. The SMILES string of the molecule is Cc1nn(C)c(C)c1NC(=O)c1cc(Br)cc(N)c1C. The summed E-state index contributed by atoms with van der Waals surface area (Å²) in [4.78, 5) is 12.4. The predicted octanol–water partition coefficient (Wildman–Crippen LogP) is 2.94. The number of aromatic nitrogens is 2. The maximum atomic E-state index is 12.4. The largest absolute Gasteiger partial charge is 0.398 e. The summed E-state index contributed by atoms with van der Waals surface area (Å²) in [7, 11) is 1.85. The van der Waals surface area contributed by atoms with E-state index in [1.165, 1.54) is 0 Å². The molecule has 0 aliphatic carbocycles. The number of nitrogens with one attached hydrogen (secondary N) is 1. The molecule has 0 spiro atoms. The van der Waals surface area contributed by atoms with E-state index in [1.54, 1.807) is 16.8 Å². The summed E-state index contributed by atoms with van der Waals surface area (Å²) in [6, 6.07) is 3.55. The average Bonchev–Trinajstić information content (AvgIpc) is 2.60. The monoisotopic (exact) mass is 336 g/mol. The summed E-state index contributed by atoms with van der Waals surface area (Å²) in [6.07, 6.45) is 0. The lowest BCUT2D eigenvalue weighted by molar-refractivity contribution is 0.102. The van der Waals surface area contributed by atoms with E-state index in [0.717, 1.165) is 27.1 Å². The molecule has 0 aliphatic rings. The highest BCUT2D eigenvalue weighted by atomic mass is 79.9. The number of anilines is 2. The van der Waals surface area contributed by atoms with Gasteiger partial charge in [-0.3, -0.25) is 9.48 Å². The summed E-state index contributed by atoms with van der Waals surface area (Å²) in [5, 5.41) is 7.20. The van der Waals surface area contributed by atoms with Crippen LogP contribution in [0.2, 0.25) is 0 Å². The topological polar surface area (TPSA) is 72.9 Å². The normalized spacial score (nSPS) is 10.7. The Morgan fingerprint density at radius 1 is 1.35 bits per heavy atom. The minimum Gasteiger partial charge on any atom is -0.398 e. The van der Waals surface area contributed by atoms with Crippen molar-refractivity contribution in [2.24, 2.45) is 7.05 Å². The molecule has 1 aromatic heterocycles. The van der Waals surface area contributed by atoms with E-state index in [2.05, 4.69) is 26.3 Å². The molecule has 3 N–H and O–H groups in total. The van der Waals surface area contributed by atoms with Crippen molar-refractivity contribution in [1.82, 2.24) is 9.78 Å². The number of rotatable bonds is 2. The maximum absolute atomic E-state index is 12.4. The number of amides is 1. The van der Waals surface area contributed by atoms with Crippen LogP contribution in [0.5, 0.6) is 0 Å². The molecule has 1 aromatic carbocycles. The Kier molecular flexibility index (Phi) is 3.85. The summed E-state index contributed by atoms with van der Waals surface area (Å²) < 4.78 is 2.53. The smallest absolute Gasteiger partial charge is 0.256 e. The fourth-order valence-corrected chi connectivity index (χ4v) is 2.55. The van der Waals surface area contributed by atoms with Crippen LogP contribution in [0.15, 0.2) is 16.6 Å². The van der Waals surface area contributed by atoms with Crippen molar-refractivity contribution in [2.45, 2.75) is 20.8 Å². The maximum Gasteiger partial charge on any atom is 0.256 e. The molecule has 20 heavy (non-hydrogen) atoms. The van der Waals surface area contributed by atoms with Gasteiger partial charge in [0.1, 0.15) is 0 Å². The number of aryl methyl sites for hydroxylation is 2. The Labute approximate surface area is 126 Å². The van der Waals surface area contributed by atoms with Gasteiger partial charge in [0.05, 0.1) is 17.1 Å². The molecule has 0 unspecified atom stereocenters. The lowest BCUT2D eigenvalue weighted by Gasteiger charge is -2.10. The van der Waals surface area contributed by atoms with Gasteiger partial charge in [0.25, 0.3) is 5.91 Å². The van der Waals surface area contributed by atoms with Crippen LogP contribution >= 0.6 is 15.9 Å². The molecule has 2 rings (SSSR count). The van der Waals surface area contributed by atoms with Crippen molar-refractivity contribution in [2.75, 3.05) is 11.1 Å². The van der Waals surface area contributed by atoms with Crippen LogP contribution < -0.4 is 11.1 Å². The van der Waals surface area contributed by atoms with Crippen LogP contribution in [0, 0.1) is 20.8 Å². The third kappa shape index (κ3) is 2.56. The number of nitrogens with two attached hydrogens (primary N) is 1. The minimum atomic E-state index is -0.185. The molecule has 2 aromatic rings. The zero-order valence-corrected chi connectivity index (χ0v) is 13.5. The van der Waals surface area contributed by atoms with Gasteiger partial charge in [0.15, 0.2) is 0 Å². The van der Waals surface area contributed by atoms with Crippen molar-refractivity contribution in [3.8, 4) is 0 Å². The lowest BCUT2D eigenvalue weighted by atomic mass is 10.1. The second-order valence-corrected chi connectivity index (χ2v) is 5.71. The molecular formula is C14H17BrN4O. The minimum absolute atomic E-state index is 0.185. The lowest BCUT2D eigenvalue weighted by Crippen LogP contribution is -2.15. The Balaban J connectivity index is 2.38. The highest BCUT2D eigenvalue weighted by molar-refractivity contribution is 9.10. The molecule has 0 aliphatic heterocycles. The molecule has 106 valence electrons. The third-order valence-electron chi connectivity index (χ3n) is 3.40. The standard InChI is InChI=1S/C14H17BrN4O/c1-7-11(5-10(15)6-12(7)16)14(20)17-13-8(2)18-19(4)9(13)3/h5-6H,16H2,1-4H3,(H,17,20). The number of benzene rings is 1. The molecule has 5 nitrogen and oxygen atoms in total. The summed E-state index contributed by atoms with van der Waals surface area (Å²) in [5.41, 5.74) is 10.3. The zero-order valence-electron chi connectivity index (χ0n) is 11.9. The van der Waals surface area contributed by atoms with E-state index in [-0.39, 0.29) is 5.91 Å². The van der Waals surface area contributed by atoms with E-state index >= 15 is 0 Å². The van der Waals surface area contributed by atoms with Gasteiger partial charge in [-0.15, -0.1) is 0 Å². The van der Waals surface area contributed by atoms with Gasteiger partial charge in [-0.2, -0.15) is 5.10 Å². The average molecular weight is 337 g/mol. The van der Waals surface area contributed by atoms with E-state index < -0.39 is 0 Å². The van der Waals surface area contributed by atoms with Crippen molar-refractivity contribution < 1.29 is 4.79 Å². The van der Waals surface area contributed by atoms with E-state index in [0.29, 0.717) is 11.3 Å². The van der Waals surface area contributed by atoms with Crippen LogP contribution in [0.4, 0.5) is 11.4 Å². The van der Waals surface area contributed by atoms with Crippen molar-refractivity contribution in [1.29, 1.82) is 0 Å². The number of halogens is 1. The molecule has 0 atom stereocenters. The molecule has 0 saturated carbocycles. The Bertz CT molecular complexity index is 691. The summed E-state index contributed by atoms with van der Waals surface area (Å²) in [6.45, 7) is 5.61. The molecule has 0 saturated heterocycles. The molecule has 0 bridgehead atoms. The van der Waals surface area contributed by atoms with Crippen molar-refractivity contribution >= 4 is 33.2 Å². The van der Waals surface area contributed by atoms with Crippen molar-refractivity contribution in [3.63, 3.8) is 0 Å². The molecule has 0 fully saturated rings. The van der Waals surface area contributed by atoms with Crippen LogP contribution in [-0.4, -0.2) is 15.7 Å². The van der Waals surface area contributed by atoms with E-state index in [1.807, 2.05) is 27.8 Å². The van der Waals surface area contributed by atoms with Gasteiger partial charge in [0, 0.05) is 22.8 Å². The first kappa shape index (κ1) is 14.6. The number of nitrogen functional groups attached to an aromatic ring is 1. The zero-order chi connectivity index (χ0) is 15.0. The second-order valence-electron chi connectivity index (χ2n) is 4.79. The van der Waals surface area contributed by atoms with Crippen LogP contribution in [-0.2, 0) is 7.05 Å². The van der Waals surface area contributed by atoms with Gasteiger partial charge >= 0.3 is 0 Å². The fraction of sp³-hybridized carbons (Fsp3) is 0.286. The Morgan fingerprint density at radius 2 is 2.00 bits per heavy atom. The molecule has 6 heteroatoms. The highest BCUT2D eigenvalue weighted by Crippen LogP contribution is 2.25. The predicted molar refractivity (Wildman–Crippen MR) is 83.9 cm³/mol. The fourth-order valence-electron chi connectivity index (χ4n) is 2.07. The Hall–Kier alpha value is -1.82. The number of hydrogen-bond donors (Lipinski definition) is 2. The van der Waals surface area contributed by atoms with Gasteiger partial charge in [-0.25, -0.2) is 0 Å². The number of carbonyl (C=O) groups is 1. The van der Waals surface area contributed by atoms with Gasteiger partial charge < -0.3 is 11.1 Å². The molecule has 1 heterocycles. The highest BCUT2D eigenvalue weighted by Gasteiger charge is 2.16. The Morgan fingerprint density at radius 3 is 2.55 bits per heavy atom. The first-order chi connectivity index (χ1) is 9.31. The van der Waals surface area contributed by atoms with Gasteiger partial charge in [0.2, 0.25) is 0 Å². The van der Waals surface area contributed by atoms with Gasteiger partial charge in [-0.1, -0.05) is 15.9 Å². The number of nitrogens with zero attached hydrogens (tertiary/aromatic N) is 2. The first-order valence-corrected chi connectivity index (χ1v) is 6.97. The molecular weight excluding hydrogens is 320 g/mol. The van der Waals surface area contributed by atoms with E-state index in [4.69, 9.17) is 5.73 Å². The van der Waals surface area contributed by atoms with E-state index in [9.17, 15) is 4.79 Å². The van der Waals surface area contributed by atoms with Crippen molar-refractivity contribution in [3.05, 3.63) is 39.1 Å². The molecule has 0 radical (unpaired) electrons.